The van der Waals surface area contributed by atoms with Crippen LogP contribution in [0.15, 0.2) is 37.1 Å². The molecule has 0 fully saturated rings. The summed E-state index contributed by atoms with van der Waals surface area (Å²) in [5.74, 6) is 0.920. The van der Waals surface area contributed by atoms with E-state index < -0.39 is 0 Å². The van der Waals surface area contributed by atoms with Gasteiger partial charge < -0.3 is 10.2 Å². The zero-order chi connectivity index (χ0) is 10.8. The van der Waals surface area contributed by atoms with Crippen molar-refractivity contribution in [2.45, 2.75) is 12.5 Å². The van der Waals surface area contributed by atoms with Gasteiger partial charge in [-0.05, 0) is 50.1 Å². The van der Waals surface area contributed by atoms with Crippen molar-refractivity contribution < 1.29 is 4.42 Å². The Morgan fingerprint density at radius 2 is 2.27 bits per heavy atom. The molecule has 80 valence electrons. The second kappa shape index (κ2) is 4.82. The first-order chi connectivity index (χ1) is 7.16. The highest BCUT2D eigenvalue weighted by molar-refractivity contribution is 9.13. The predicted octanol–water partition coefficient (Wildman–Crippen LogP) is 4.11. The summed E-state index contributed by atoms with van der Waals surface area (Å²) in [7, 11) is 0. The summed E-state index contributed by atoms with van der Waals surface area (Å²) in [4.78, 5) is 1.14. The molecule has 0 saturated heterocycles. The Kier molecular flexibility index (Phi) is 3.66. The number of thiophene rings is 1. The Bertz CT molecular complexity index is 419. The fourth-order valence-corrected chi connectivity index (χ4v) is 3.38. The molecule has 0 saturated carbocycles. The summed E-state index contributed by atoms with van der Waals surface area (Å²) in [6.45, 7) is 0. The maximum absolute atomic E-state index is 6.08. The van der Waals surface area contributed by atoms with Crippen LogP contribution < -0.4 is 5.73 Å². The minimum absolute atomic E-state index is 0.0104. The average molecular weight is 351 g/mol. The van der Waals surface area contributed by atoms with Gasteiger partial charge in [0.2, 0.25) is 0 Å². The van der Waals surface area contributed by atoms with Crippen LogP contribution in [-0.2, 0) is 6.42 Å². The first-order valence-corrected chi connectivity index (χ1v) is 6.80. The van der Waals surface area contributed by atoms with Crippen molar-refractivity contribution in [3.63, 3.8) is 0 Å². The number of hydrogen-bond donors (Lipinski definition) is 1. The zero-order valence-electron chi connectivity index (χ0n) is 7.74. The Balaban J connectivity index is 2.11. The first-order valence-electron chi connectivity index (χ1n) is 4.39. The van der Waals surface area contributed by atoms with Crippen LogP contribution in [0.4, 0.5) is 0 Å². The lowest BCUT2D eigenvalue weighted by Gasteiger charge is -2.06. The van der Waals surface area contributed by atoms with Gasteiger partial charge in [0.25, 0.3) is 0 Å². The van der Waals surface area contributed by atoms with Gasteiger partial charge in [0.1, 0.15) is 5.76 Å². The summed E-state index contributed by atoms with van der Waals surface area (Å²) in [6, 6.07) is 5.85. The van der Waals surface area contributed by atoms with Crippen molar-refractivity contribution in [3.8, 4) is 0 Å². The van der Waals surface area contributed by atoms with Crippen molar-refractivity contribution in [3.05, 3.63) is 43.4 Å². The van der Waals surface area contributed by atoms with E-state index in [0.29, 0.717) is 0 Å². The van der Waals surface area contributed by atoms with E-state index in [-0.39, 0.29) is 6.04 Å². The van der Waals surface area contributed by atoms with Crippen LogP contribution in [-0.4, -0.2) is 0 Å². The molecule has 0 aliphatic carbocycles. The molecule has 2 heterocycles. The van der Waals surface area contributed by atoms with E-state index in [4.69, 9.17) is 10.2 Å². The molecule has 0 aliphatic heterocycles. The monoisotopic (exact) mass is 349 g/mol. The Hall–Kier alpha value is -0.1000. The molecule has 0 radical (unpaired) electrons. The zero-order valence-corrected chi connectivity index (χ0v) is 11.7. The van der Waals surface area contributed by atoms with Crippen LogP contribution in [0.5, 0.6) is 0 Å². The van der Waals surface area contributed by atoms with E-state index in [2.05, 4.69) is 31.9 Å². The number of nitrogens with two attached hydrogens (primary N) is 1. The summed E-state index contributed by atoms with van der Waals surface area (Å²) in [5, 5.41) is 0. The topological polar surface area (TPSA) is 39.2 Å². The average Bonchev–Trinajstić information content (AvgIpc) is 2.78. The highest BCUT2D eigenvalue weighted by Crippen LogP contribution is 2.35. The van der Waals surface area contributed by atoms with Gasteiger partial charge in [-0.2, -0.15) is 0 Å². The number of hydrogen-bond acceptors (Lipinski definition) is 3. The Labute approximate surface area is 109 Å². The third-order valence-corrected chi connectivity index (χ3v) is 5.42. The highest BCUT2D eigenvalue weighted by Gasteiger charge is 2.13. The van der Waals surface area contributed by atoms with Crippen molar-refractivity contribution in [2.24, 2.45) is 5.73 Å². The van der Waals surface area contributed by atoms with Crippen LogP contribution >= 0.6 is 43.2 Å². The van der Waals surface area contributed by atoms with Gasteiger partial charge in [-0.25, -0.2) is 0 Å². The molecule has 2 aromatic heterocycles. The molecule has 2 aromatic rings. The smallest absolute Gasteiger partial charge is 0.105 e. The summed E-state index contributed by atoms with van der Waals surface area (Å²) < 4.78 is 7.39. The van der Waals surface area contributed by atoms with Crippen LogP contribution in [0.1, 0.15) is 16.7 Å². The standard InChI is InChI=1S/C10H9Br2NOS/c11-7-5-9(15-10(7)12)8(13)4-6-2-1-3-14-6/h1-3,5,8H,4,13H2. The van der Waals surface area contributed by atoms with Crippen molar-refractivity contribution in [1.82, 2.24) is 0 Å². The number of rotatable bonds is 3. The Morgan fingerprint density at radius 1 is 1.47 bits per heavy atom. The SMILES string of the molecule is NC(Cc1ccco1)c1cc(Br)c(Br)s1. The molecule has 0 aromatic carbocycles. The van der Waals surface area contributed by atoms with E-state index in [0.717, 1.165) is 25.3 Å². The lowest BCUT2D eigenvalue weighted by atomic mass is 10.1. The molecular formula is C10H9Br2NOS. The van der Waals surface area contributed by atoms with Gasteiger partial charge in [0.15, 0.2) is 0 Å². The first kappa shape index (κ1) is 11.4. The van der Waals surface area contributed by atoms with Crippen LogP contribution in [0.25, 0.3) is 0 Å². The predicted molar refractivity (Wildman–Crippen MR) is 69.1 cm³/mol. The van der Waals surface area contributed by atoms with E-state index in [1.807, 2.05) is 18.2 Å². The molecule has 0 amide bonds. The van der Waals surface area contributed by atoms with Crippen LogP contribution in [0.3, 0.4) is 0 Å². The molecule has 0 bridgehead atoms. The fourth-order valence-electron chi connectivity index (χ4n) is 1.29. The van der Waals surface area contributed by atoms with Gasteiger partial charge in [-0.15, -0.1) is 11.3 Å². The lowest BCUT2D eigenvalue weighted by molar-refractivity contribution is 0.490. The second-order valence-electron chi connectivity index (χ2n) is 3.16. The number of halogens is 2. The molecule has 2 rings (SSSR count). The summed E-state index contributed by atoms with van der Waals surface area (Å²) >= 11 is 8.55. The fraction of sp³-hybridized carbons (Fsp3) is 0.200. The van der Waals surface area contributed by atoms with Gasteiger partial charge in [0.05, 0.1) is 10.0 Å². The largest absolute Gasteiger partial charge is 0.469 e. The minimum Gasteiger partial charge on any atom is -0.469 e. The molecule has 1 atom stereocenters. The van der Waals surface area contributed by atoms with E-state index in [1.165, 1.54) is 0 Å². The van der Waals surface area contributed by atoms with Crippen molar-refractivity contribution in [2.75, 3.05) is 0 Å². The minimum atomic E-state index is -0.0104. The summed E-state index contributed by atoms with van der Waals surface area (Å²) in [5.41, 5.74) is 6.08. The van der Waals surface area contributed by atoms with Gasteiger partial charge in [-0.1, -0.05) is 0 Å². The van der Waals surface area contributed by atoms with Gasteiger partial charge >= 0.3 is 0 Å². The quantitative estimate of drug-likeness (QED) is 0.904. The van der Waals surface area contributed by atoms with E-state index >= 15 is 0 Å². The van der Waals surface area contributed by atoms with Crippen molar-refractivity contribution >= 4 is 43.2 Å². The normalized spacial score (nSPS) is 13.0. The molecule has 0 spiro atoms. The Morgan fingerprint density at radius 3 is 2.80 bits per heavy atom. The third kappa shape index (κ3) is 2.72. The van der Waals surface area contributed by atoms with Gasteiger partial charge in [0, 0.05) is 21.8 Å². The van der Waals surface area contributed by atoms with Crippen molar-refractivity contribution in [1.29, 1.82) is 0 Å². The molecular weight excluding hydrogens is 342 g/mol. The van der Waals surface area contributed by atoms with Crippen LogP contribution in [0.2, 0.25) is 0 Å². The van der Waals surface area contributed by atoms with E-state index in [1.54, 1.807) is 17.6 Å². The van der Waals surface area contributed by atoms with Gasteiger partial charge in [-0.3, -0.25) is 0 Å². The second-order valence-corrected chi connectivity index (χ2v) is 6.42. The molecule has 2 nitrogen and oxygen atoms in total. The van der Waals surface area contributed by atoms with E-state index in [9.17, 15) is 0 Å². The maximum atomic E-state index is 6.08. The molecule has 15 heavy (non-hydrogen) atoms. The third-order valence-electron chi connectivity index (χ3n) is 2.03. The lowest BCUT2D eigenvalue weighted by Crippen LogP contribution is -2.11. The molecule has 1 unspecified atom stereocenters. The molecule has 2 N–H and O–H groups in total. The maximum Gasteiger partial charge on any atom is 0.105 e. The molecule has 0 aliphatic rings. The molecule has 5 heteroatoms. The number of furan rings is 1. The van der Waals surface area contributed by atoms with Crippen LogP contribution in [0, 0.1) is 0 Å². The summed E-state index contributed by atoms with van der Waals surface area (Å²) in [6.07, 6.45) is 2.40. The highest BCUT2D eigenvalue weighted by atomic mass is 79.9.